The summed E-state index contributed by atoms with van der Waals surface area (Å²) in [6.07, 6.45) is 1.32. The van der Waals surface area contributed by atoms with Crippen molar-refractivity contribution in [2.45, 2.75) is 45.1 Å². The molecule has 1 amide bonds. The Labute approximate surface area is 168 Å². The molecule has 2 heterocycles. The van der Waals surface area contributed by atoms with Crippen LogP contribution in [0.25, 0.3) is 10.9 Å². The molecule has 0 spiro atoms. The fourth-order valence-corrected chi connectivity index (χ4v) is 3.65. The molecule has 0 N–H and O–H groups in total. The summed E-state index contributed by atoms with van der Waals surface area (Å²) in [5.41, 5.74) is -0.214. The Kier molecular flexibility index (Phi) is 5.41. The molecule has 0 bridgehead atoms. The molecule has 146 valence electrons. The maximum atomic E-state index is 12.8. The first kappa shape index (κ1) is 20.0. The zero-order valence-corrected chi connectivity index (χ0v) is 17.4. The number of rotatable bonds is 1. The van der Waals surface area contributed by atoms with E-state index < -0.39 is 5.60 Å². The second kappa shape index (κ2) is 7.32. The van der Waals surface area contributed by atoms with Gasteiger partial charge in [-0.05, 0) is 45.7 Å². The van der Waals surface area contributed by atoms with Gasteiger partial charge < -0.3 is 9.64 Å². The summed E-state index contributed by atoms with van der Waals surface area (Å²) >= 11 is 12.1. The molecule has 2 aromatic rings. The molecular weight excluding hydrogens is 389 g/mol. The van der Waals surface area contributed by atoms with Crippen molar-refractivity contribution in [3.05, 3.63) is 38.4 Å². The topological polar surface area (TPSA) is 64.4 Å². The monoisotopic (exact) mass is 411 g/mol. The van der Waals surface area contributed by atoms with Gasteiger partial charge in [0.2, 0.25) is 0 Å². The molecule has 6 nitrogen and oxygen atoms in total. The van der Waals surface area contributed by atoms with Crippen molar-refractivity contribution in [2.24, 2.45) is 7.05 Å². The van der Waals surface area contributed by atoms with Crippen LogP contribution < -0.4 is 5.56 Å². The lowest BCUT2D eigenvalue weighted by molar-refractivity contribution is 0.0195. The van der Waals surface area contributed by atoms with Gasteiger partial charge in [0.15, 0.2) is 0 Å². The number of fused-ring (bicyclic) bond motifs is 1. The van der Waals surface area contributed by atoms with E-state index in [1.54, 1.807) is 24.1 Å². The summed E-state index contributed by atoms with van der Waals surface area (Å²) in [5.74, 6) is 0.585. The molecule has 0 radical (unpaired) electrons. The van der Waals surface area contributed by atoms with E-state index in [9.17, 15) is 9.59 Å². The van der Waals surface area contributed by atoms with E-state index in [-0.39, 0.29) is 17.6 Å². The molecule has 27 heavy (non-hydrogen) atoms. The van der Waals surface area contributed by atoms with Crippen LogP contribution in [0.1, 0.15) is 45.4 Å². The van der Waals surface area contributed by atoms with E-state index in [1.807, 2.05) is 20.8 Å². The number of carbonyl (C=O) groups is 1. The zero-order valence-electron chi connectivity index (χ0n) is 15.9. The molecule has 1 aliphatic rings. The summed E-state index contributed by atoms with van der Waals surface area (Å²) < 4.78 is 7.02. The summed E-state index contributed by atoms with van der Waals surface area (Å²) in [7, 11) is 1.69. The van der Waals surface area contributed by atoms with E-state index in [2.05, 4.69) is 4.98 Å². The highest BCUT2D eigenvalue weighted by Crippen LogP contribution is 2.29. The van der Waals surface area contributed by atoms with Crippen molar-refractivity contribution < 1.29 is 9.53 Å². The van der Waals surface area contributed by atoms with Crippen molar-refractivity contribution in [1.82, 2.24) is 14.5 Å². The van der Waals surface area contributed by atoms with Gasteiger partial charge in [-0.1, -0.05) is 23.2 Å². The summed E-state index contributed by atoms with van der Waals surface area (Å²) in [4.78, 5) is 31.5. The molecule has 3 rings (SSSR count). The van der Waals surface area contributed by atoms with Gasteiger partial charge in [0, 0.05) is 26.1 Å². The highest BCUT2D eigenvalue weighted by molar-refractivity contribution is 6.42. The van der Waals surface area contributed by atoms with Crippen LogP contribution in [0.5, 0.6) is 0 Å². The minimum atomic E-state index is -0.548. The quantitative estimate of drug-likeness (QED) is 0.699. The highest BCUT2D eigenvalue weighted by atomic mass is 35.5. The number of hydrogen-bond acceptors (Lipinski definition) is 4. The molecular formula is C19H23Cl2N3O3. The molecule has 1 atom stereocenters. The van der Waals surface area contributed by atoms with Gasteiger partial charge in [-0.15, -0.1) is 0 Å². The maximum absolute atomic E-state index is 12.8. The lowest BCUT2D eigenvalue weighted by Gasteiger charge is -2.34. The smallest absolute Gasteiger partial charge is 0.410 e. The summed E-state index contributed by atoms with van der Waals surface area (Å²) in [6, 6.07) is 3.16. The second-order valence-corrected chi connectivity index (χ2v) is 8.70. The number of likely N-dealkylation sites (tertiary alicyclic amines) is 1. The third-order valence-electron chi connectivity index (χ3n) is 4.59. The number of halogens is 2. The highest BCUT2D eigenvalue weighted by Gasteiger charge is 2.30. The van der Waals surface area contributed by atoms with Gasteiger partial charge in [0.1, 0.15) is 11.4 Å². The molecule has 1 fully saturated rings. The van der Waals surface area contributed by atoms with Crippen molar-refractivity contribution >= 4 is 40.2 Å². The largest absolute Gasteiger partial charge is 0.444 e. The Hall–Kier alpha value is -1.79. The van der Waals surface area contributed by atoms with Crippen LogP contribution in [0.3, 0.4) is 0 Å². The average Bonchev–Trinajstić information content (AvgIpc) is 2.58. The van der Waals surface area contributed by atoms with E-state index in [4.69, 9.17) is 27.9 Å². The van der Waals surface area contributed by atoms with Gasteiger partial charge >= 0.3 is 6.09 Å². The van der Waals surface area contributed by atoms with Gasteiger partial charge in [-0.25, -0.2) is 9.78 Å². The molecule has 1 aromatic carbocycles. The molecule has 0 saturated carbocycles. The third kappa shape index (κ3) is 4.22. The number of hydrogen-bond donors (Lipinski definition) is 0. The Morgan fingerprint density at radius 2 is 1.93 bits per heavy atom. The van der Waals surface area contributed by atoms with E-state index in [0.29, 0.717) is 39.9 Å². The predicted octanol–water partition coefficient (Wildman–Crippen LogP) is 4.35. The van der Waals surface area contributed by atoms with Crippen molar-refractivity contribution in [3.8, 4) is 0 Å². The Morgan fingerprint density at radius 1 is 1.26 bits per heavy atom. The number of aromatic nitrogens is 2. The zero-order chi connectivity index (χ0) is 19.9. The number of nitrogens with zero attached hydrogens (tertiary/aromatic N) is 3. The van der Waals surface area contributed by atoms with Crippen molar-refractivity contribution in [1.29, 1.82) is 0 Å². The lowest BCUT2D eigenvalue weighted by atomic mass is 9.97. The number of piperidine rings is 1. The third-order valence-corrected chi connectivity index (χ3v) is 5.31. The van der Waals surface area contributed by atoms with Crippen LogP contribution >= 0.6 is 23.2 Å². The standard InChI is InChI=1S/C19H23Cl2N3O3/c1-19(2,3)27-18(26)24-7-5-6-11(10-24)16-22-15-9-14(21)13(20)8-12(15)17(25)23(16)4/h8-9,11H,5-7,10H2,1-4H3/t11-/m1/s1. The molecule has 8 heteroatoms. The number of benzene rings is 1. The minimum absolute atomic E-state index is 0.0529. The van der Waals surface area contributed by atoms with E-state index in [0.717, 1.165) is 12.8 Å². The molecule has 0 unspecified atom stereocenters. The van der Waals surface area contributed by atoms with Crippen molar-refractivity contribution in [2.75, 3.05) is 13.1 Å². The average molecular weight is 412 g/mol. The first-order valence-corrected chi connectivity index (χ1v) is 9.66. The van der Waals surface area contributed by atoms with Crippen LogP contribution in [-0.2, 0) is 11.8 Å². The number of ether oxygens (including phenoxy) is 1. The van der Waals surface area contributed by atoms with Gasteiger partial charge in [-0.2, -0.15) is 0 Å². The number of carbonyl (C=O) groups excluding carboxylic acids is 1. The molecule has 1 aromatic heterocycles. The normalized spacial score (nSPS) is 18.0. The summed E-state index contributed by atoms with van der Waals surface area (Å²) in [5, 5.41) is 1.11. The fraction of sp³-hybridized carbons (Fsp3) is 0.526. The Bertz CT molecular complexity index is 950. The molecule has 0 aliphatic carbocycles. The number of amides is 1. The predicted molar refractivity (Wildman–Crippen MR) is 107 cm³/mol. The minimum Gasteiger partial charge on any atom is -0.444 e. The van der Waals surface area contributed by atoms with Crippen LogP contribution in [0.4, 0.5) is 4.79 Å². The van der Waals surface area contributed by atoms with Gasteiger partial charge in [0.05, 0.1) is 20.9 Å². The Balaban J connectivity index is 1.95. The second-order valence-electron chi connectivity index (χ2n) is 7.88. The first-order chi connectivity index (χ1) is 12.6. The molecule has 1 aliphatic heterocycles. The first-order valence-electron chi connectivity index (χ1n) is 8.90. The van der Waals surface area contributed by atoms with Crippen LogP contribution in [0.2, 0.25) is 10.0 Å². The maximum Gasteiger partial charge on any atom is 0.410 e. The fourth-order valence-electron chi connectivity index (χ4n) is 3.33. The van der Waals surface area contributed by atoms with E-state index in [1.165, 1.54) is 4.57 Å². The molecule has 1 saturated heterocycles. The van der Waals surface area contributed by atoms with Gasteiger partial charge in [-0.3, -0.25) is 9.36 Å². The van der Waals surface area contributed by atoms with Crippen molar-refractivity contribution in [3.63, 3.8) is 0 Å². The van der Waals surface area contributed by atoms with Crippen LogP contribution in [0.15, 0.2) is 16.9 Å². The SMILES string of the molecule is Cn1c([C@@H]2CCCN(C(=O)OC(C)(C)C)C2)nc2cc(Cl)c(Cl)cc2c1=O. The summed E-state index contributed by atoms with van der Waals surface area (Å²) in [6.45, 7) is 6.62. The Morgan fingerprint density at radius 3 is 2.59 bits per heavy atom. The van der Waals surface area contributed by atoms with Crippen LogP contribution in [-0.4, -0.2) is 39.2 Å². The van der Waals surface area contributed by atoms with E-state index >= 15 is 0 Å². The van der Waals surface area contributed by atoms with Gasteiger partial charge in [0.25, 0.3) is 5.56 Å². The lowest BCUT2D eigenvalue weighted by Crippen LogP contribution is -2.43. The van der Waals surface area contributed by atoms with Crippen LogP contribution in [0, 0.1) is 0 Å².